The van der Waals surface area contributed by atoms with Crippen LogP contribution in [0.25, 0.3) is 11.3 Å². The van der Waals surface area contributed by atoms with Gasteiger partial charge in [0.05, 0.1) is 5.69 Å². The summed E-state index contributed by atoms with van der Waals surface area (Å²) in [7, 11) is 0. The Morgan fingerprint density at radius 1 is 1.30 bits per heavy atom. The number of nitrogens with one attached hydrogen (secondary N) is 3. The van der Waals surface area contributed by atoms with Crippen LogP contribution in [-0.4, -0.2) is 35.2 Å². The summed E-state index contributed by atoms with van der Waals surface area (Å²) in [5.41, 5.74) is 3.51. The molecule has 5 nitrogen and oxygen atoms in total. The number of piperidine rings is 1. The maximum Gasteiger partial charge on any atom is 0.269 e. The topological polar surface area (TPSA) is 69.8 Å². The number of aromatic nitrogens is 2. The van der Waals surface area contributed by atoms with Gasteiger partial charge in [-0.3, -0.25) is 9.89 Å². The molecule has 2 atom stereocenters. The summed E-state index contributed by atoms with van der Waals surface area (Å²) in [5.74, 6) is 0.399. The highest BCUT2D eigenvalue weighted by Crippen LogP contribution is 2.18. The van der Waals surface area contributed by atoms with Crippen LogP contribution in [0.5, 0.6) is 0 Å². The highest BCUT2D eigenvalue weighted by atomic mass is 35.5. The Labute approximate surface area is 142 Å². The Bertz CT molecular complexity index is 653. The number of hydrogen-bond donors (Lipinski definition) is 3. The van der Waals surface area contributed by atoms with E-state index in [0.717, 1.165) is 30.8 Å². The number of halogens is 1. The molecule has 0 bridgehead atoms. The summed E-state index contributed by atoms with van der Waals surface area (Å²) in [6.45, 7) is 6.07. The summed E-state index contributed by atoms with van der Waals surface area (Å²) in [4.78, 5) is 12.3. The van der Waals surface area contributed by atoms with E-state index in [1.54, 1.807) is 6.07 Å². The molecule has 0 saturated carbocycles. The first-order valence-corrected chi connectivity index (χ1v) is 7.77. The largest absolute Gasteiger partial charge is 0.346 e. The van der Waals surface area contributed by atoms with Gasteiger partial charge in [0.15, 0.2) is 0 Å². The lowest BCUT2D eigenvalue weighted by atomic mass is 9.95. The van der Waals surface area contributed by atoms with Gasteiger partial charge < -0.3 is 10.6 Å². The molecule has 1 fully saturated rings. The molecule has 3 rings (SSSR count). The van der Waals surface area contributed by atoms with E-state index in [0.29, 0.717) is 11.6 Å². The van der Waals surface area contributed by atoms with E-state index in [9.17, 15) is 4.79 Å². The van der Waals surface area contributed by atoms with Crippen molar-refractivity contribution in [2.75, 3.05) is 13.1 Å². The van der Waals surface area contributed by atoms with Crippen LogP contribution in [0.3, 0.4) is 0 Å². The van der Waals surface area contributed by atoms with Crippen molar-refractivity contribution in [1.82, 2.24) is 20.8 Å². The zero-order chi connectivity index (χ0) is 15.5. The quantitative estimate of drug-likeness (QED) is 0.808. The SMILES string of the molecule is Cc1ccc(-c2cc(C(=O)NC3CNCCC3C)[nH]n2)cc1.Cl. The van der Waals surface area contributed by atoms with Crippen LogP contribution in [0.2, 0.25) is 0 Å². The predicted molar refractivity (Wildman–Crippen MR) is 93.9 cm³/mol. The lowest BCUT2D eigenvalue weighted by Crippen LogP contribution is -2.50. The van der Waals surface area contributed by atoms with Crippen molar-refractivity contribution in [2.24, 2.45) is 5.92 Å². The summed E-state index contributed by atoms with van der Waals surface area (Å²) < 4.78 is 0. The van der Waals surface area contributed by atoms with Crippen molar-refractivity contribution in [3.8, 4) is 11.3 Å². The average Bonchev–Trinajstić information content (AvgIpc) is 3.00. The third-order valence-corrected chi connectivity index (χ3v) is 4.31. The molecule has 1 saturated heterocycles. The van der Waals surface area contributed by atoms with Gasteiger partial charge >= 0.3 is 0 Å². The van der Waals surface area contributed by atoms with Gasteiger partial charge in [0.2, 0.25) is 0 Å². The molecular weight excluding hydrogens is 312 g/mol. The molecule has 0 aliphatic carbocycles. The van der Waals surface area contributed by atoms with E-state index >= 15 is 0 Å². The van der Waals surface area contributed by atoms with Gasteiger partial charge in [0, 0.05) is 18.2 Å². The second-order valence-electron chi connectivity index (χ2n) is 6.08. The molecule has 1 aromatic carbocycles. The smallest absolute Gasteiger partial charge is 0.269 e. The summed E-state index contributed by atoms with van der Waals surface area (Å²) >= 11 is 0. The number of carbonyl (C=O) groups excluding carboxylic acids is 1. The Morgan fingerprint density at radius 3 is 2.74 bits per heavy atom. The number of aromatic amines is 1. The highest BCUT2D eigenvalue weighted by molar-refractivity contribution is 5.93. The van der Waals surface area contributed by atoms with E-state index in [4.69, 9.17) is 0 Å². The predicted octanol–water partition coefficient (Wildman–Crippen LogP) is 2.53. The number of carbonyl (C=O) groups is 1. The molecule has 0 radical (unpaired) electrons. The van der Waals surface area contributed by atoms with Crippen molar-refractivity contribution in [1.29, 1.82) is 0 Å². The third kappa shape index (κ3) is 4.12. The second-order valence-corrected chi connectivity index (χ2v) is 6.08. The van der Waals surface area contributed by atoms with E-state index in [-0.39, 0.29) is 24.4 Å². The van der Waals surface area contributed by atoms with E-state index in [2.05, 4.69) is 27.8 Å². The maximum absolute atomic E-state index is 12.3. The zero-order valence-electron chi connectivity index (χ0n) is 13.4. The van der Waals surface area contributed by atoms with Gasteiger partial charge in [0.1, 0.15) is 5.69 Å². The fourth-order valence-corrected chi connectivity index (χ4v) is 2.74. The van der Waals surface area contributed by atoms with Gasteiger partial charge in [0.25, 0.3) is 5.91 Å². The molecule has 0 spiro atoms. The normalized spacial score (nSPS) is 20.6. The number of benzene rings is 1. The van der Waals surface area contributed by atoms with Crippen LogP contribution in [0.1, 0.15) is 29.4 Å². The zero-order valence-corrected chi connectivity index (χ0v) is 14.2. The molecule has 1 aliphatic heterocycles. The maximum atomic E-state index is 12.3. The fraction of sp³-hybridized carbons (Fsp3) is 0.412. The Hall–Kier alpha value is -1.85. The molecule has 2 heterocycles. The van der Waals surface area contributed by atoms with Crippen LogP contribution < -0.4 is 10.6 Å². The van der Waals surface area contributed by atoms with Gasteiger partial charge in [-0.1, -0.05) is 36.8 Å². The Balaban J connectivity index is 0.00000192. The summed E-state index contributed by atoms with van der Waals surface area (Å²) in [5, 5.41) is 13.5. The molecule has 2 aromatic rings. The third-order valence-electron chi connectivity index (χ3n) is 4.31. The van der Waals surface area contributed by atoms with Crippen molar-refractivity contribution in [3.05, 3.63) is 41.6 Å². The monoisotopic (exact) mass is 334 g/mol. The number of hydrogen-bond acceptors (Lipinski definition) is 3. The average molecular weight is 335 g/mol. The molecule has 1 aliphatic rings. The summed E-state index contributed by atoms with van der Waals surface area (Å²) in [6, 6.07) is 10.1. The molecule has 124 valence electrons. The lowest BCUT2D eigenvalue weighted by Gasteiger charge is -2.29. The lowest BCUT2D eigenvalue weighted by molar-refractivity contribution is 0.0910. The minimum atomic E-state index is -0.0913. The van der Waals surface area contributed by atoms with E-state index in [1.807, 2.05) is 31.2 Å². The number of H-pyrrole nitrogens is 1. The van der Waals surface area contributed by atoms with Crippen LogP contribution in [0.15, 0.2) is 30.3 Å². The van der Waals surface area contributed by atoms with Crippen molar-refractivity contribution >= 4 is 18.3 Å². The molecule has 6 heteroatoms. The first-order valence-electron chi connectivity index (χ1n) is 7.77. The number of amides is 1. The molecule has 23 heavy (non-hydrogen) atoms. The molecule has 1 amide bonds. The molecule has 1 aromatic heterocycles. The number of aryl methyl sites for hydroxylation is 1. The minimum Gasteiger partial charge on any atom is -0.346 e. The molecule has 3 N–H and O–H groups in total. The van der Waals surface area contributed by atoms with Crippen molar-refractivity contribution in [2.45, 2.75) is 26.3 Å². The van der Waals surface area contributed by atoms with Crippen molar-refractivity contribution < 1.29 is 4.79 Å². The minimum absolute atomic E-state index is 0. The van der Waals surface area contributed by atoms with Crippen LogP contribution in [0, 0.1) is 12.8 Å². The van der Waals surface area contributed by atoms with E-state index in [1.165, 1.54) is 5.56 Å². The van der Waals surface area contributed by atoms with Gasteiger partial charge in [-0.05, 0) is 31.9 Å². The van der Waals surface area contributed by atoms with Gasteiger partial charge in [-0.15, -0.1) is 12.4 Å². The fourth-order valence-electron chi connectivity index (χ4n) is 2.74. The van der Waals surface area contributed by atoms with E-state index < -0.39 is 0 Å². The van der Waals surface area contributed by atoms with Crippen molar-refractivity contribution in [3.63, 3.8) is 0 Å². The van der Waals surface area contributed by atoms with Crippen LogP contribution in [-0.2, 0) is 0 Å². The molecule has 2 unspecified atom stereocenters. The first kappa shape index (κ1) is 17.5. The standard InChI is InChI=1S/C17H22N4O.ClH/c1-11-3-5-13(6-4-11)14-9-15(21-20-14)17(22)19-16-10-18-8-7-12(16)2;/h3-6,9,12,16,18H,7-8,10H2,1-2H3,(H,19,22)(H,20,21);1H. The van der Waals surface area contributed by atoms with Gasteiger partial charge in [-0.25, -0.2) is 0 Å². The number of rotatable bonds is 3. The molecular formula is C17H23ClN4O. The van der Waals surface area contributed by atoms with Crippen LogP contribution >= 0.6 is 12.4 Å². The van der Waals surface area contributed by atoms with Crippen LogP contribution in [0.4, 0.5) is 0 Å². The second kappa shape index (κ2) is 7.62. The highest BCUT2D eigenvalue weighted by Gasteiger charge is 2.23. The Morgan fingerprint density at radius 2 is 2.04 bits per heavy atom. The first-order chi connectivity index (χ1) is 10.6. The van der Waals surface area contributed by atoms with Gasteiger partial charge in [-0.2, -0.15) is 5.10 Å². The number of nitrogens with zero attached hydrogens (tertiary/aromatic N) is 1. The Kier molecular flexibility index (Phi) is 5.80. The summed E-state index contributed by atoms with van der Waals surface area (Å²) in [6.07, 6.45) is 1.09.